The predicted molar refractivity (Wildman–Crippen MR) is 108 cm³/mol. The third-order valence-electron chi connectivity index (χ3n) is 5.03. The molecule has 1 aromatic heterocycles. The van der Waals surface area contributed by atoms with Gasteiger partial charge in [0.05, 0.1) is 9.79 Å². The fourth-order valence-corrected chi connectivity index (χ4v) is 5.22. The molecule has 5 rings (SSSR count). The number of rotatable bonds is 2. The van der Waals surface area contributed by atoms with Crippen LogP contribution in [0.2, 0.25) is 0 Å². The molecule has 0 atom stereocenters. The number of sulfone groups is 1. The van der Waals surface area contributed by atoms with Crippen LogP contribution < -0.4 is 5.32 Å². The van der Waals surface area contributed by atoms with Crippen molar-refractivity contribution in [1.82, 2.24) is 5.32 Å². The van der Waals surface area contributed by atoms with Crippen molar-refractivity contribution < 1.29 is 12.8 Å². The van der Waals surface area contributed by atoms with Crippen LogP contribution in [-0.2, 0) is 22.8 Å². The van der Waals surface area contributed by atoms with Crippen LogP contribution in [0.5, 0.6) is 0 Å². The molecule has 2 heterocycles. The highest BCUT2D eigenvalue weighted by molar-refractivity contribution is 7.91. The Morgan fingerprint density at radius 1 is 0.926 bits per heavy atom. The molecule has 1 N–H and O–H groups in total. The van der Waals surface area contributed by atoms with Gasteiger partial charge in [0.25, 0.3) is 0 Å². The fourth-order valence-electron chi connectivity index (χ4n) is 3.71. The monoisotopic (exact) mass is 399 g/mol. The Kier molecular flexibility index (Phi) is 4.46. The van der Waals surface area contributed by atoms with Crippen molar-refractivity contribution in [1.29, 1.82) is 0 Å². The number of hydrogen-bond donors (Lipinski definition) is 1. The molecule has 3 aromatic carbocycles. The molecule has 0 radical (unpaired) electrons. The van der Waals surface area contributed by atoms with Gasteiger partial charge in [0, 0.05) is 35.8 Å². The maximum absolute atomic E-state index is 13.3. The molecule has 0 amide bonds. The van der Waals surface area contributed by atoms with E-state index in [-0.39, 0.29) is 12.4 Å². The van der Waals surface area contributed by atoms with Crippen molar-refractivity contribution in [2.24, 2.45) is 0 Å². The SMILES string of the molecule is Cl.O=S(=O)(c1ccc2oc3c(c2c1)CNCC3)c1cccc2ccccc12. The molecule has 0 bridgehead atoms. The van der Waals surface area contributed by atoms with E-state index < -0.39 is 9.84 Å². The molecule has 4 aromatic rings. The van der Waals surface area contributed by atoms with E-state index in [0.717, 1.165) is 46.0 Å². The van der Waals surface area contributed by atoms with Gasteiger partial charge in [-0.2, -0.15) is 0 Å². The van der Waals surface area contributed by atoms with E-state index in [2.05, 4.69) is 5.32 Å². The van der Waals surface area contributed by atoms with Crippen LogP contribution in [0.1, 0.15) is 11.3 Å². The van der Waals surface area contributed by atoms with Crippen molar-refractivity contribution in [3.63, 3.8) is 0 Å². The molecule has 1 aliphatic rings. The summed E-state index contributed by atoms with van der Waals surface area (Å²) >= 11 is 0. The van der Waals surface area contributed by atoms with Gasteiger partial charge in [0.2, 0.25) is 9.84 Å². The van der Waals surface area contributed by atoms with Gasteiger partial charge >= 0.3 is 0 Å². The topological polar surface area (TPSA) is 59.3 Å². The highest BCUT2D eigenvalue weighted by Crippen LogP contribution is 2.33. The summed E-state index contributed by atoms with van der Waals surface area (Å²) in [5.41, 5.74) is 1.82. The van der Waals surface area contributed by atoms with Crippen LogP contribution in [0.3, 0.4) is 0 Å². The summed E-state index contributed by atoms with van der Waals surface area (Å²) in [5.74, 6) is 0.957. The van der Waals surface area contributed by atoms with Crippen LogP contribution in [0.15, 0.2) is 74.9 Å². The van der Waals surface area contributed by atoms with E-state index in [1.54, 1.807) is 30.3 Å². The van der Waals surface area contributed by atoms with Gasteiger partial charge in [-0.05, 0) is 29.7 Å². The van der Waals surface area contributed by atoms with Gasteiger partial charge in [-0.3, -0.25) is 0 Å². The molecule has 0 saturated heterocycles. The Hall–Kier alpha value is -2.34. The first kappa shape index (κ1) is 18.0. The third-order valence-corrected chi connectivity index (χ3v) is 6.84. The third kappa shape index (κ3) is 2.83. The molecule has 138 valence electrons. The predicted octanol–water partition coefficient (Wildman–Crippen LogP) is 4.49. The first-order chi connectivity index (χ1) is 12.6. The molecule has 0 unspecified atom stereocenters. The lowest BCUT2D eigenvalue weighted by Gasteiger charge is -2.11. The number of halogens is 1. The van der Waals surface area contributed by atoms with E-state index in [4.69, 9.17) is 4.42 Å². The van der Waals surface area contributed by atoms with Gasteiger partial charge in [-0.1, -0.05) is 36.4 Å². The van der Waals surface area contributed by atoms with Gasteiger partial charge in [0.15, 0.2) is 0 Å². The summed E-state index contributed by atoms with van der Waals surface area (Å²) in [6.45, 7) is 1.59. The smallest absolute Gasteiger partial charge is 0.207 e. The summed E-state index contributed by atoms with van der Waals surface area (Å²) in [4.78, 5) is 0.640. The molecule has 0 saturated carbocycles. The van der Waals surface area contributed by atoms with Crippen molar-refractivity contribution >= 4 is 44.0 Å². The number of furan rings is 1. The largest absolute Gasteiger partial charge is 0.461 e. The van der Waals surface area contributed by atoms with Crippen LogP contribution in [-0.4, -0.2) is 15.0 Å². The minimum absolute atomic E-state index is 0. The van der Waals surface area contributed by atoms with E-state index in [1.165, 1.54) is 0 Å². The summed E-state index contributed by atoms with van der Waals surface area (Å²) in [7, 11) is -3.62. The number of hydrogen-bond acceptors (Lipinski definition) is 4. The number of fused-ring (bicyclic) bond motifs is 4. The lowest BCUT2D eigenvalue weighted by atomic mass is 10.1. The van der Waals surface area contributed by atoms with E-state index in [1.807, 2.05) is 30.3 Å². The van der Waals surface area contributed by atoms with Gasteiger partial charge < -0.3 is 9.73 Å². The van der Waals surface area contributed by atoms with Gasteiger partial charge in [-0.25, -0.2) is 8.42 Å². The molecule has 4 nitrogen and oxygen atoms in total. The van der Waals surface area contributed by atoms with Crippen molar-refractivity contribution in [3.8, 4) is 0 Å². The maximum atomic E-state index is 13.3. The number of nitrogens with one attached hydrogen (secondary N) is 1. The molecule has 0 aliphatic carbocycles. The first-order valence-corrected chi connectivity index (χ1v) is 10.1. The second-order valence-corrected chi connectivity index (χ2v) is 8.49. The number of benzene rings is 3. The average molecular weight is 400 g/mol. The zero-order chi connectivity index (χ0) is 17.7. The summed E-state index contributed by atoms with van der Waals surface area (Å²) in [6, 6.07) is 18.1. The normalized spacial score (nSPS) is 14.1. The van der Waals surface area contributed by atoms with E-state index in [9.17, 15) is 8.42 Å². The molecule has 0 spiro atoms. The first-order valence-electron chi connectivity index (χ1n) is 8.62. The average Bonchev–Trinajstić information content (AvgIpc) is 3.05. The quantitative estimate of drug-likeness (QED) is 0.539. The molecule has 1 aliphatic heterocycles. The van der Waals surface area contributed by atoms with Crippen LogP contribution in [0.25, 0.3) is 21.7 Å². The maximum Gasteiger partial charge on any atom is 0.207 e. The molecule has 6 heteroatoms. The van der Waals surface area contributed by atoms with E-state index in [0.29, 0.717) is 16.3 Å². The molecular weight excluding hydrogens is 382 g/mol. The summed E-state index contributed by atoms with van der Waals surface area (Å²) in [6.07, 6.45) is 0.829. The summed E-state index contributed by atoms with van der Waals surface area (Å²) < 4.78 is 32.6. The van der Waals surface area contributed by atoms with Crippen LogP contribution in [0.4, 0.5) is 0 Å². The van der Waals surface area contributed by atoms with Crippen molar-refractivity contribution in [2.45, 2.75) is 22.8 Å². The Balaban J connectivity index is 0.00000180. The highest BCUT2D eigenvalue weighted by atomic mass is 35.5. The molecule has 27 heavy (non-hydrogen) atoms. The molecule has 0 fully saturated rings. The van der Waals surface area contributed by atoms with E-state index >= 15 is 0 Å². The Bertz CT molecular complexity index is 1260. The van der Waals surface area contributed by atoms with Crippen LogP contribution >= 0.6 is 12.4 Å². The second-order valence-electron chi connectivity index (χ2n) is 6.57. The van der Waals surface area contributed by atoms with Crippen LogP contribution in [0, 0.1) is 0 Å². The Labute approximate surface area is 163 Å². The highest BCUT2D eigenvalue weighted by Gasteiger charge is 2.23. The Morgan fingerprint density at radius 2 is 1.74 bits per heavy atom. The minimum atomic E-state index is -3.62. The zero-order valence-electron chi connectivity index (χ0n) is 14.4. The second kappa shape index (κ2) is 6.68. The standard InChI is InChI=1S/C21H17NO3S.ClH/c23-26(24,21-7-3-5-14-4-1-2-6-16(14)21)15-8-9-19-17(12-15)18-13-22-11-10-20(18)25-19;/h1-9,12,22H,10-11,13H2;1H. The van der Waals surface area contributed by atoms with Gasteiger partial charge in [0.1, 0.15) is 11.3 Å². The zero-order valence-corrected chi connectivity index (χ0v) is 16.1. The lowest BCUT2D eigenvalue weighted by Crippen LogP contribution is -2.22. The van der Waals surface area contributed by atoms with Crippen molar-refractivity contribution in [3.05, 3.63) is 72.0 Å². The lowest BCUT2D eigenvalue weighted by molar-refractivity contribution is 0.500. The summed E-state index contributed by atoms with van der Waals surface area (Å²) in [5, 5.41) is 5.86. The van der Waals surface area contributed by atoms with Crippen molar-refractivity contribution in [2.75, 3.05) is 6.54 Å². The van der Waals surface area contributed by atoms with Gasteiger partial charge in [-0.15, -0.1) is 12.4 Å². The fraction of sp³-hybridized carbons (Fsp3) is 0.143. The Morgan fingerprint density at radius 3 is 2.63 bits per heavy atom. The molecular formula is C21H18ClNO3S. The minimum Gasteiger partial charge on any atom is -0.461 e.